The topological polar surface area (TPSA) is 113 Å². The molecule has 0 saturated carbocycles. The predicted octanol–water partition coefficient (Wildman–Crippen LogP) is 4.92. The highest BCUT2D eigenvalue weighted by Gasteiger charge is 2.25. The maximum atomic E-state index is 13.1. The number of anilines is 2. The van der Waals surface area contributed by atoms with Gasteiger partial charge in [-0.25, -0.2) is 16.8 Å². The zero-order valence-electron chi connectivity index (χ0n) is 20.9. The molecule has 0 aromatic heterocycles. The Balaban J connectivity index is 1.51. The number of nitrogens with zero attached hydrogens (tertiary/aromatic N) is 1. The first-order chi connectivity index (χ1) is 17.6. The third-order valence-corrected chi connectivity index (χ3v) is 9.86. The Hall–Kier alpha value is -3.21. The van der Waals surface area contributed by atoms with Crippen LogP contribution in [0.4, 0.5) is 11.4 Å². The number of nitrogens with one attached hydrogen (secondary N) is 2. The third kappa shape index (κ3) is 6.20. The number of hydrogen-bond acceptors (Lipinski definition) is 5. The molecule has 0 unspecified atom stereocenters. The minimum atomic E-state index is -3.93. The summed E-state index contributed by atoms with van der Waals surface area (Å²) in [5.41, 5.74) is 2.31. The molecule has 2 N–H and O–H groups in total. The fourth-order valence-electron chi connectivity index (χ4n) is 4.26. The van der Waals surface area contributed by atoms with E-state index in [0.717, 1.165) is 31.2 Å². The molecule has 3 aromatic rings. The zero-order valence-corrected chi connectivity index (χ0v) is 22.5. The van der Waals surface area contributed by atoms with Crippen LogP contribution in [0.5, 0.6) is 0 Å². The summed E-state index contributed by atoms with van der Waals surface area (Å²) in [6.07, 6.45) is 3.76. The van der Waals surface area contributed by atoms with Gasteiger partial charge in [-0.05, 0) is 80.3 Å². The maximum absolute atomic E-state index is 13.1. The van der Waals surface area contributed by atoms with Gasteiger partial charge in [-0.1, -0.05) is 37.1 Å². The molecule has 37 heavy (non-hydrogen) atoms. The molecule has 0 atom stereocenters. The molecule has 0 bridgehead atoms. The van der Waals surface area contributed by atoms with E-state index in [4.69, 9.17) is 0 Å². The maximum Gasteiger partial charge on any atom is 0.262 e. The quantitative estimate of drug-likeness (QED) is 0.441. The summed E-state index contributed by atoms with van der Waals surface area (Å²) in [6, 6.07) is 17.5. The first kappa shape index (κ1) is 26.8. The van der Waals surface area contributed by atoms with Crippen LogP contribution in [0, 0.1) is 13.8 Å². The Morgan fingerprint density at radius 1 is 0.784 bits per heavy atom. The van der Waals surface area contributed by atoms with Crippen molar-refractivity contribution < 1.29 is 21.6 Å². The van der Waals surface area contributed by atoms with Crippen LogP contribution in [-0.4, -0.2) is 40.1 Å². The molecule has 4 rings (SSSR count). The van der Waals surface area contributed by atoms with E-state index in [0.29, 0.717) is 30.0 Å². The number of benzene rings is 3. The lowest BCUT2D eigenvalue weighted by molar-refractivity contribution is 0.102. The molecule has 196 valence electrons. The van der Waals surface area contributed by atoms with Gasteiger partial charge in [0.2, 0.25) is 10.0 Å². The van der Waals surface area contributed by atoms with Crippen LogP contribution in [0.1, 0.15) is 47.2 Å². The van der Waals surface area contributed by atoms with Gasteiger partial charge in [-0.3, -0.25) is 9.52 Å². The smallest absolute Gasteiger partial charge is 0.262 e. The molecule has 1 aliphatic heterocycles. The predicted molar refractivity (Wildman–Crippen MR) is 145 cm³/mol. The van der Waals surface area contributed by atoms with E-state index in [9.17, 15) is 21.6 Å². The minimum absolute atomic E-state index is 0.00212. The Kier molecular flexibility index (Phi) is 8.01. The number of rotatable bonds is 7. The van der Waals surface area contributed by atoms with Gasteiger partial charge < -0.3 is 5.32 Å². The number of amides is 1. The summed E-state index contributed by atoms with van der Waals surface area (Å²) in [6.45, 7) is 4.49. The largest absolute Gasteiger partial charge is 0.322 e. The van der Waals surface area contributed by atoms with Crippen molar-refractivity contribution in [1.29, 1.82) is 0 Å². The first-order valence-electron chi connectivity index (χ1n) is 12.2. The lowest BCUT2D eigenvalue weighted by Crippen LogP contribution is -2.31. The molecule has 1 aliphatic rings. The highest BCUT2D eigenvalue weighted by atomic mass is 32.2. The fourth-order valence-corrected chi connectivity index (χ4v) is 7.18. The van der Waals surface area contributed by atoms with Crippen LogP contribution >= 0.6 is 0 Å². The van der Waals surface area contributed by atoms with Gasteiger partial charge in [0.25, 0.3) is 15.9 Å². The SMILES string of the molecule is Cc1ccccc1NS(=O)(=O)c1cc(C(=O)Nc2ccc(S(=O)(=O)N3CCCCCC3)cc2)ccc1C. The molecule has 8 nitrogen and oxygen atoms in total. The summed E-state index contributed by atoms with van der Waals surface area (Å²) >= 11 is 0. The second-order valence-corrected chi connectivity index (χ2v) is 12.8. The summed E-state index contributed by atoms with van der Waals surface area (Å²) in [5, 5.41) is 2.72. The van der Waals surface area contributed by atoms with E-state index in [2.05, 4.69) is 10.0 Å². The van der Waals surface area contributed by atoms with Gasteiger partial charge in [0.1, 0.15) is 0 Å². The Bertz CT molecular complexity index is 1490. The molecule has 0 spiro atoms. The fraction of sp³-hybridized carbons (Fsp3) is 0.296. The molecule has 10 heteroatoms. The van der Waals surface area contributed by atoms with Crippen LogP contribution in [0.25, 0.3) is 0 Å². The van der Waals surface area contributed by atoms with Crippen molar-refractivity contribution >= 4 is 37.3 Å². The van der Waals surface area contributed by atoms with E-state index in [1.807, 2.05) is 6.07 Å². The Labute approximate surface area is 218 Å². The van der Waals surface area contributed by atoms with Gasteiger partial charge in [0.15, 0.2) is 0 Å². The minimum Gasteiger partial charge on any atom is -0.322 e. The van der Waals surface area contributed by atoms with E-state index in [-0.39, 0.29) is 15.4 Å². The number of hydrogen-bond donors (Lipinski definition) is 2. The summed E-state index contributed by atoms with van der Waals surface area (Å²) < 4.78 is 56.3. The van der Waals surface area contributed by atoms with E-state index in [1.54, 1.807) is 44.2 Å². The van der Waals surface area contributed by atoms with Crippen molar-refractivity contribution in [2.75, 3.05) is 23.1 Å². The molecule has 1 fully saturated rings. The highest BCUT2D eigenvalue weighted by Crippen LogP contribution is 2.25. The summed E-state index contributed by atoms with van der Waals surface area (Å²) in [7, 11) is -7.52. The van der Waals surface area contributed by atoms with Crippen molar-refractivity contribution in [3.05, 3.63) is 83.4 Å². The molecular weight excluding hydrogens is 510 g/mol. The van der Waals surface area contributed by atoms with Gasteiger partial charge >= 0.3 is 0 Å². The van der Waals surface area contributed by atoms with Crippen LogP contribution in [0.2, 0.25) is 0 Å². The van der Waals surface area contributed by atoms with Crippen molar-refractivity contribution in [2.45, 2.75) is 49.3 Å². The summed E-state index contributed by atoms with van der Waals surface area (Å²) in [5.74, 6) is -0.504. The number of carbonyl (C=O) groups excluding carboxylic acids is 1. The number of carbonyl (C=O) groups is 1. The average molecular weight is 542 g/mol. The monoisotopic (exact) mass is 541 g/mol. The zero-order chi connectivity index (χ0) is 26.6. The van der Waals surface area contributed by atoms with Crippen molar-refractivity contribution in [1.82, 2.24) is 4.31 Å². The van der Waals surface area contributed by atoms with Crippen LogP contribution in [0.15, 0.2) is 76.5 Å². The molecule has 3 aromatic carbocycles. The van der Waals surface area contributed by atoms with Gasteiger partial charge in [-0.15, -0.1) is 0 Å². The van der Waals surface area contributed by atoms with Crippen LogP contribution in [-0.2, 0) is 20.0 Å². The highest BCUT2D eigenvalue weighted by molar-refractivity contribution is 7.92. The van der Waals surface area contributed by atoms with E-state index >= 15 is 0 Å². The second-order valence-electron chi connectivity index (χ2n) is 9.20. The lowest BCUT2D eigenvalue weighted by Gasteiger charge is -2.20. The molecule has 0 aliphatic carbocycles. The normalized spacial score (nSPS) is 15.1. The average Bonchev–Trinajstić information content (AvgIpc) is 3.16. The van der Waals surface area contributed by atoms with Crippen molar-refractivity contribution in [2.24, 2.45) is 0 Å². The third-order valence-electron chi connectivity index (χ3n) is 6.44. The Morgan fingerprint density at radius 2 is 1.43 bits per heavy atom. The second kappa shape index (κ2) is 11.0. The first-order valence-corrected chi connectivity index (χ1v) is 15.1. The van der Waals surface area contributed by atoms with Crippen LogP contribution in [0.3, 0.4) is 0 Å². The molecule has 1 saturated heterocycles. The van der Waals surface area contributed by atoms with Crippen molar-refractivity contribution in [3.63, 3.8) is 0 Å². The van der Waals surface area contributed by atoms with Crippen molar-refractivity contribution in [3.8, 4) is 0 Å². The molecule has 1 amide bonds. The van der Waals surface area contributed by atoms with E-state index < -0.39 is 26.0 Å². The Morgan fingerprint density at radius 3 is 2.08 bits per heavy atom. The van der Waals surface area contributed by atoms with Gasteiger partial charge in [0, 0.05) is 24.3 Å². The number of para-hydroxylation sites is 1. The summed E-state index contributed by atoms with van der Waals surface area (Å²) in [4.78, 5) is 13.1. The number of aryl methyl sites for hydroxylation is 2. The van der Waals surface area contributed by atoms with Gasteiger partial charge in [-0.2, -0.15) is 4.31 Å². The standard InChI is InChI=1S/C27H31N3O5S2/c1-20-9-5-6-10-25(20)29-36(32,33)26-19-22(12-11-21(26)2)27(31)28-23-13-15-24(16-14-23)37(34,35)30-17-7-3-4-8-18-30/h5-6,9-16,19,29H,3-4,7-8,17-18H2,1-2H3,(H,28,31). The van der Waals surface area contributed by atoms with Crippen LogP contribution < -0.4 is 10.0 Å². The van der Waals surface area contributed by atoms with Gasteiger partial charge in [0.05, 0.1) is 15.5 Å². The molecule has 0 radical (unpaired) electrons. The van der Waals surface area contributed by atoms with E-state index in [1.165, 1.54) is 34.6 Å². The molecular formula is C27H31N3O5S2. The number of sulfonamides is 2. The molecule has 1 heterocycles. The lowest BCUT2D eigenvalue weighted by atomic mass is 10.1.